The minimum Gasteiger partial charge on any atom is -0.375 e. The van der Waals surface area contributed by atoms with E-state index >= 15 is 0 Å². The third-order valence-electron chi connectivity index (χ3n) is 5.53. The van der Waals surface area contributed by atoms with Gasteiger partial charge in [-0.1, -0.05) is 72.2 Å². The van der Waals surface area contributed by atoms with E-state index in [4.69, 9.17) is 24.3 Å². The number of benzene rings is 2. The molecule has 9 heteroatoms. The Hall–Kier alpha value is -2.83. The first-order valence-corrected chi connectivity index (χ1v) is 17.2. The molecule has 186 valence electrons. The fraction of sp³-hybridized carbons (Fsp3) is 0.231. The topological polar surface area (TPSA) is 80.3 Å². The zero-order chi connectivity index (χ0) is 26.1. The number of hydrogen-bond donors (Lipinski definition) is 0. The third kappa shape index (κ3) is 8.12. The van der Waals surface area contributed by atoms with Gasteiger partial charge in [-0.2, -0.15) is 0 Å². The quantitative estimate of drug-likeness (QED) is 0.226. The first-order valence-electron chi connectivity index (χ1n) is 11.0. The summed E-state index contributed by atoms with van der Waals surface area (Å²) >= 11 is 0. The van der Waals surface area contributed by atoms with Crippen molar-refractivity contribution in [2.75, 3.05) is 13.2 Å². The molecule has 0 fully saturated rings. The molecule has 0 aromatic heterocycles. The molecule has 0 saturated heterocycles. The van der Waals surface area contributed by atoms with Crippen LogP contribution < -0.4 is 10.4 Å². The van der Waals surface area contributed by atoms with E-state index in [0.717, 1.165) is 10.4 Å². The minimum absolute atomic E-state index is 0.0903. The summed E-state index contributed by atoms with van der Waals surface area (Å²) in [6.07, 6.45) is -0.371. The molecule has 0 aliphatic heterocycles. The van der Waals surface area contributed by atoms with E-state index in [1.807, 2.05) is 35.7 Å². The van der Waals surface area contributed by atoms with Gasteiger partial charge in [-0.3, -0.25) is 9.78 Å². The molecule has 0 spiro atoms. The highest BCUT2D eigenvalue weighted by atomic mass is 28.3. The molecule has 2 radical (unpaired) electrons. The molecule has 0 aliphatic carbocycles. The fourth-order valence-corrected chi connectivity index (χ4v) is 5.31. The number of ether oxygens (including phenoxy) is 1. The minimum atomic E-state index is -1.74. The van der Waals surface area contributed by atoms with Crippen LogP contribution in [0.1, 0.15) is 20.7 Å². The second-order valence-electron chi connectivity index (χ2n) is 8.84. The van der Waals surface area contributed by atoms with E-state index in [2.05, 4.69) is 46.3 Å². The van der Waals surface area contributed by atoms with Gasteiger partial charge in [0.25, 0.3) is 0 Å². The van der Waals surface area contributed by atoms with E-state index in [0.29, 0.717) is 0 Å². The zero-order valence-corrected chi connectivity index (χ0v) is 22.7. The molecule has 2 aromatic rings. The Morgan fingerprint density at radius 1 is 0.714 bits per heavy atom. The standard InChI is InChI=1S/C26H32O7Si2/c1-8-29-19-24(30-32-25(27)20-11-15-22(16-12-20)34(4,5)9-2)31-33-26(28)21-13-17-23(18-14-21)35(6,7)10-3/h9-18H,1-3,8,19H2,4-7H3. The van der Waals surface area contributed by atoms with Crippen molar-refractivity contribution >= 4 is 38.5 Å². The summed E-state index contributed by atoms with van der Waals surface area (Å²) in [6.45, 7) is 19.7. The van der Waals surface area contributed by atoms with Gasteiger partial charge in [0.15, 0.2) is 0 Å². The molecule has 2 aromatic carbocycles. The van der Waals surface area contributed by atoms with Crippen LogP contribution in [0.25, 0.3) is 0 Å². The molecule has 0 amide bonds. The summed E-state index contributed by atoms with van der Waals surface area (Å²) < 4.78 is 5.11. The summed E-state index contributed by atoms with van der Waals surface area (Å²) in [5, 5.41) is 2.25. The maximum absolute atomic E-state index is 12.4. The van der Waals surface area contributed by atoms with Crippen molar-refractivity contribution in [2.24, 2.45) is 0 Å². The Labute approximate surface area is 209 Å². The average Bonchev–Trinajstić information content (AvgIpc) is 2.87. The first-order chi connectivity index (χ1) is 16.5. The highest BCUT2D eigenvalue weighted by Gasteiger charge is 2.24. The maximum atomic E-state index is 12.4. The monoisotopic (exact) mass is 512 g/mol. The predicted molar refractivity (Wildman–Crippen MR) is 140 cm³/mol. The summed E-state index contributed by atoms with van der Waals surface area (Å²) in [5.41, 5.74) is 4.49. The number of hydrogen-bond acceptors (Lipinski definition) is 7. The van der Waals surface area contributed by atoms with Crippen LogP contribution in [0.4, 0.5) is 0 Å². The fourth-order valence-electron chi connectivity index (χ4n) is 2.79. The molecule has 0 aliphatic rings. The van der Waals surface area contributed by atoms with Crippen LogP contribution in [-0.4, -0.2) is 41.3 Å². The number of rotatable bonds is 13. The smallest absolute Gasteiger partial charge is 0.373 e. The van der Waals surface area contributed by atoms with Gasteiger partial charge in [0.2, 0.25) is 0 Å². The highest BCUT2D eigenvalue weighted by molar-refractivity contribution is 6.94. The molecule has 0 bridgehead atoms. The Morgan fingerprint density at radius 3 is 1.40 bits per heavy atom. The number of carbonyl (C=O) groups excluding carboxylic acids is 2. The molecule has 35 heavy (non-hydrogen) atoms. The van der Waals surface area contributed by atoms with Gasteiger partial charge in [0, 0.05) is 6.61 Å². The molecular formula is C26H32O7Si2. The second kappa shape index (κ2) is 12.8. The van der Waals surface area contributed by atoms with Gasteiger partial charge < -0.3 is 4.74 Å². The lowest BCUT2D eigenvalue weighted by molar-refractivity contribution is -0.368. The van der Waals surface area contributed by atoms with Gasteiger partial charge in [-0.15, -0.1) is 22.9 Å². The van der Waals surface area contributed by atoms with Crippen molar-refractivity contribution in [3.63, 3.8) is 0 Å². The lowest BCUT2D eigenvalue weighted by atomic mass is 10.2. The van der Waals surface area contributed by atoms with Crippen LogP contribution in [0.15, 0.2) is 73.1 Å². The molecular weight excluding hydrogens is 480 g/mol. The predicted octanol–water partition coefficient (Wildman–Crippen LogP) is 4.18. The van der Waals surface area contributed by atoms with Crippen molar-refractivity contribution in [1.82, 2.24) is 0 Å². The lowest BCUT2D eigenvalue weighted by Gasteiger charge is -2.18. The van der Waals surface area contributed by atoms with Crippen molar-refractivity contribution in [2.45, 2.75) is 26.2 Å². The van der Waals surface area contributed by atoms with E-state index in [9.17, 15) is 9.59 Å². The van der Waals surface area contributed by atoms with E-state index in [1.165, 1.54) is 0 Å². The Bertz CT molecular complexity index is 936. The van der Waals surface area contributed by atoms with Crippen LogP contribution in [0.3, 0.4) is 0 Å². The van der Waals surface area contributed by atoms with E-state index in [-0.39, 0.29) is 30.6 Å². The third-order valence-corrected chi connectivity index (χ3v) is 11.2. The van der Waals surface area contributed by atoms with Crippen molar-refractivity contribution in [1.29, 1.82) is 0 Å². The van der Waals surface area contributed by atoms with E-state index < -0.39 is 28.1 Å². The average molecular weight is 513 g/mol. The molecule has 0 atom stereocenters. The van der Waals surface area contributed by atoms with Crippen molar-refractivity contribution < 1.29 is 33.9 Å². The summed E-state index contributed by atoms with van der Waals surface area (Å²) in [5.74, 6) is -1.50. The van der Waals surface area contributed by atoms with Crippen molar-refractivity contribution in [3.8, 4) is 0 Å². The molecule has 7 nitrogen and oxygen atoms in total. The van der Waals surface area contributed by atoms with Gasteiger partial charge in [0.05, 0.1) is 11.1 Å². The van der Waals surface area contributed by atoms with Gasteiger partial charge in [0.1, 0.15) is 22.8 Å². The summed E-state index contributed by atoms with van der Waals surface area (Å²) in [6, 6.07) is 14.0. The zero-order valence-electron chi connectivity index (χ0n) is 20.7. The van der Waals surface area contributed by atoms with Crippen LogP contribution in [-0.2, 0) is 24.3 Å². The summed E-state index contributed by atoms with van der Waals surface area (Å²) in [7, 11) is -3.49. The SMILES string of the molecule is [CH2]COC[C](OOC(=O)c1ccc([Si](C)(C)C=C)cc1)OOC(=O)c1ccc([Si](C)(C)C=C)cc1. The Kier molecular flexibility index (Phi) is 10.4. The van der Waals surface area contributed by atoms with Crippen molar-refractivity contribution in [3.05, 3.63) is 97.4 Å². The van der Waals surface area contributed by atoms with Crippen LogP contribution in [0, 0.1) is 13.2 Å². The van der Waals surface area contributed by atoms with Gasteiger partial charge in [-0.25, -0.2) is 9.59 Å². The Morgan fingerprint density at radius 2 is 1.09 bits per heavy atom. The van der Waals surface area contributed by atoms with Gasteiger partial charge >= 0.3 is 18.2 Å². The van der Waals surface area contributed by atoms with Gasteiger partial charge in [-0.05, 0) is 31.2 Å². The summed E-state index contributed by atoms with van der Waals surface area (Å²) in [4.78, 5) is 44.3. The number of carbonyl (C=O) groups is 2. The van der Waals surface area contributed by atoms with Crippen LogP contribution in [0.5, 0.6) is 0 Å². The van der Waals surface area contributed by atoms with Crippen LogP contribution >= 0.6 is 0 Å². The molecule has 0 unspecified atom stereocenters. The normalized spacial score (nSPS) is 11.7. The second-order valence-corrected chi connectivity index (χ2v) is 17.7. The van der Waals surface area contributed by atoms with E-state index in [1.54, 1.807) is 24.3 Å². The molecule has 0 saturated carbocycles. The molecule has 2 rings (SSSR count). The largest absolute Gasteiger partial charge is 0.375 e. The Balaban J connectivity index is 1.95. The highest BCUT2D eigenvalue weighted by Crippen LogP contribution is 2.13. The maximum Gasteiger partial charge on any atom is 0.373 e. The molecule has 0 N–H and O–H groups in total. The first kappa shape index (κ1) is 28.4. The lowest BCUT2D eigenvalue weighted by Crippen LogP contribution is -2.39. The van der Waals surface area contributed by atoms with Crippen LogP contribution in [0.2, 0.25) is 26.2 Å². The molecule has 0 heterocycles.